The summed E-state index contributed by atoms with van der Waals surface area (Å²) in [6, 6.07) is 3.05. The van der Waals surface area contributed by atoms with Gasteiger partial charge in [0.1, 0.15) is 12.3 Å². The molecule has 0 fully saturated rings. The monoisotopic (exact) mass is 288 g/mol. The predicted molar refractivity (Wildman–Crippen MR) is 65.3 cm³/mol. The van der Waals surface area contributed by atoms with Gasteiger partial charge >= 0.3 is 36.7 Å². The summed E-state index contributed by atoms with van der Waals surface area (Å²) >= 11 is 0. The quantitative estimate of drug-likeness (QED) is 0.459. The average molecular weight is 288 g/mol. The molecular formula is C12H14BNaO6. The molecule has 102 valence electrons. The van der Waals surface area contributed by atoms with Crippen LogP contribution in [0, 0.1) is 0 Å². The Balaban J connectivity index is 0.00000200. The summed E-state index contributed by atoms with van der Waals surface area (Å²) in [5.41, 5.74) is -0.229. The second-order valence-electron chi connectivity index (χ2n) is 4.14. The van der Waals surface area contributed by atoms with Crippen LogP contribution >= 0.6 is 0 Å². The van der Waals surface area contributed by atoms with Gasteiger partial charge < -0.3 is 29.1 Å². The number of unbranched alkanes of at least 4 members (excludes halogenated alkanes) is 1. The molecule has 0 saturated carbocycles. The van der Waals surface area contributed by atoms with Crippen LogP contribution in [0.25, 0.3) is 0 Å². The Morgan fingerprint density at radius 2 is 2.30 bits per heavy atom. The van der Waals surface area contributed by atoms with Gasteiger partial charge in [-0.15, -0.1) is 0 Å². The molecule has 0 atom stereocenters. The molecule has 0 saturated heterocycles. The molecule has 1 aliphatic heterocycles. The second kappa shape index (κ2) is 7.78. The largest absolute Gasteiger partial charge is 1.00 e. The van der Waals surface area contributed by atoms with Crippen LogP contribution < -0.4 is 48.8 Å². The molecule has 1 aromatic rings. The molecule has 1 N–H and O–H groups in total. The molecule has 0 radical (unpaired) electrons. The van der Waals surface area contributed by atoms with Crippen molar-refractivity contribution in [1.29, 1.82) is 0 Å². The first kappa shape index (κ1) is 17.2. The van der Waals surface area contributed by atoms with E-state index in [2.05, 4.69) is 0 Å². The van der Waals surface area contributed by atoms with E-state index in [0.717, 1.165) is 12.8 Å². The minimum absolute atomic E-state index is 0. The fourth-order valence-electron chi connectivity index (χ4n) is 1.75. The first-order chi connectivity index (χ1) is 9.13. The number of hydrogen-bond donors (Lipinski definition) is 1. The Kier molecular flexibility index (Phi) is 6.68. The van der Waals surface area contributed by atoms with E-state index in [1.54, 1.807) is 6.07 Å². The van der Waals surface area contributed by atoms with Crippen LogP contribution in [-0.4, -0.2) is 31.2 Å². The van der Waals surface area contributed by atoms with Crippen molar-refractivity contribution in [1.82, 2.24) is 0 Å². The van der Waals surface area contributed by atoms with E-state index >= 15 is 0 Å². The van der Waals surface area contributed by atoms with Crippen molar-refractivity contribution < 1.29 is 58.6 Å². The first-order valence-electron chi connectivity index (χ1n) is 6.12. The Labute approximate surface area is 139 Å². The van der Waals surface area contributed by atoms with Crippen molar-refractivity contribution in [2.75, 3.05) is 13.1 Å². The number of rotatable bonds is 5. The minimum atomic E-state index is -1.43. The normalized spacial score (nSPS) is 12.6. The number of benzene rings is 1. The SMILES string of the molecule is CCCCOc1ccc2c(c1C(=O)[O-])OB(O)CO2.[Na+]. The van der Waals surface area contributed by atoms with Gasteiger partial charge in [0.2, 0.25) is 0 Å². The van der Waals surface area contributed by atoms with E-state index in [4.69, 9.17) is 14.1 Å². The van der Waals surface area contributed by atoms with Gasteiger partial charge in [0.15, 0.2) is 11.5 Å². The number of hydrogen-bond acceptors (Lipinski definition) is 6. The van der Waals surface area contributed by atoms with Crippen LogP contribution in [0.3, 0.4) is 0 Å². The van der Waals surface area contributed by atoms with Gasteiger partial charge in [0.05, 0.1) is 18.1 Å². The predicted octanol–water partition coefficient (Wildman–Crippen LogP) is -2.98. The summed E-state index contributed by atoms with van der Waals surface area (Å²) in [5.74, 6) is -1.06. The van der Waals surface area contributed by atoms with Crippen molar-refractivity contribution in [2.45, 2.75) is 19.8 Å². The van der Waals surface area contributed by atoms with E-state index in [-0.39, 0.29) is 58.9 Å². The van der Waals surface area contributed by atoms with Crippen molar-refractivity contribution >= 4 is 13.1 Å². The smallest absolute Gasteiger partial charge is 0.545 e. The molecule has 1 heterocycles. The third kappa shape index (κ3) is 3.82. The van der Waals surface area contributed by atoms with Crippen LogP contribution in [0.5, 0.6) is 17.2 Å². The van der Waals surface area contributed by atoms with Crippen LogP contribution in [0.1, 0.15) is 30.1 Å². The zero-order valence-electron chi connectivity index (χ0n) is 11.5. The maximum Gasteiger partial charge on any atom is 1.00 e. The van der Waals surface area contributed by atoms with Gasteiger partial charge in [-0.25, -0.2) is 0 Å². The Morgan fingerprint density at radius 1 is 1.55 bits per heavy atom. The number of carboxylic acid groups (broad SMARTS) is 1. The summed E-state index contributed by atoms with van der Waals surface area (Å²) in [6.45, 7) is 2.36. The Bertz CT molecular complexity index is 481. The minimum Gasteiger partial charge on any atom is -0.545 e. The van der Waals surface area contributed by atoms with Crippen molar-refractivity contribution in [3.63, 3.8) is 0 Å². The van der Waals surface area contributed by atoms with E-state index in [0.29, 0.717) is 6.61 Å². The fraction of sp³-hybridized carbons (Fsp3) is 0.417. The maximum atomic E-state index is 11.2. The van der Waals surface area contributed by atoms with Gasteiger partial charge in [0.25, 0.3) is 0 Å². The molecule has 0 amide bonds. The molecule has 1 aliphatic rings. The number of aromatic carboxylic acids is 1. The van der Waals surface area contributed by atoms with Crippen LogP contribution in [-0.2, 0) is 0 Å². The Morgan fingerprint density at radius 3 is 2.95 bits per heavy atom. The first-order valence-corrected chi connectivity index (χ1v) is 6.12. The molecule has 0 aliphatic carbocycles. The maximum absolute atomic E-state index is 11.2. The number of fused-ring (bicyclic) bond motifs is 1. The molecule has 2 rings (SSSR count). The fourth-order valence-corrected chi connectivity index (χ4v) is 1.75. The third-order valence-electron chi connectivity index (χ3n) is 2.68. The Hall–Kier alpha value is -0.885. The number of carbonyl (C=O) groups is 1. The number of ether oxygens (including phenoxy) is 2. The van der Waals surface area contributed by atoms with Crippen molar-refractivity contribution in [2.24, 2.45) is 0 Å². The zero-order valence-corrected chi connectivity index (χ0v) is 13.5. The summed E-state index contributed by atoms with van der Waals surface area (Å²) in [5, 5.41) is 20.6. The standard InChI is InChI=1S/C12H15BO6.Na/c1-2-3-6-17-8-4-5-9-11(10(8)12(14)15)19-13(16)7-18-9;/h4-5,16H,2-3,6-7H2,1H3,(H,14,15);/q;+1/p-1. The van der Waals surface area contributed by atoms with E-state index in [1.807, 2.05) is 6.92 Å². The molecule has 0 aromatic heterocycles. The second-order valence-corrected chi connectivity index (χ2v) is 4.14. The van der Waals surface area contributed by atoms with Crippen molar-refractivity contribution in [3.05, 3.63) is 17.7 Å². The van der Waals surface area contributed by atoms with E-state index in [9.17, 15) is 14.9 Å². The zero-order chi connectivity index (χ0) is 13.8. The topological polar surface area (TPSA) is 88.1 Å². The van der Waals surface area contributed by atoms with Gasteiger partial charge in [0, 0.05) is 0 Å². The number of carboxylic acids is 1. The molecule has 1 aromatic carbocycles. The average Bonchev–Trinajstić information content (AvgIpc) is 2.38. The third-order valence-corrected chi connectivity index (χ3v) is 2.68. The van der Waals surface area contributed by atoms with Gasteiger partial charge in [-0.3, -0.25) is 0 Å². The number of carbonyl (C=O) groups excluding carboxylic acids is 1. The summed E-state index contributed by atoms with van der Waals surface area (Å²) < 4.78 is 15.7. The molecule has 0 unspecified atom stereocenters. The van der Waals surface area contributed by atoms with Gasteiger partial charge in [-0.1, -0.05) is 13.3 Å². The summed E-state index contributed by atoms with van der Waals surface area (Å²) in [7, 11) is -1.20. The molecule has 6 nitrogen and oxygen atoms in total. The van der Waals surface area contributed by atoms with Crippen LogP contribution in [0.2, 0.25) is 0 Å². The molecule has 20 heavy (non-hydrogen) atoms. The molecular weight excluding hydrogens is 274 g/mol. The van der Waals surface area contributed by atoms with E-state index in [1.165, 1.54) is 6.07 Å². The van der Waals surface area contributed by atoms with Crippen LogP contribution in [0.4, 0.5) is 0 Å². The summed E-state index contributed by atoms with van der Waals surface area (Å²) in [4.78, 5) is 11.2. The van der Waals surface area contributed by atoms with Gasteiger partial charge in [-0.2, -0.15) is 0 Å². The van der Waals surface area contributed by atoms with Crippen LogP contribution in [0.15, 0.2) is 12.1 Å². The molecule has 0 bridgehead atoms. The summed E-state index contributed by atoms with van der Waals surface area (Å²) in [6.07, 6.45) is 1.74. The van der Waals surface area contributed by atoms with E-state index < -0.39 is 13.1 Å². The van der Waals surface area contributed by atoms with Crippen molar-refractivity contribution in [3.8, 4) is 17.2 Å². The molecule has 0 spiro atoms. The molecule has 8 heteroatoms. The van der Waals surface area contributed by atoms with Gasteiger partial charge in [-0.05, 0) is 18.6 Å².